The highest BCUT2D eigenvalue weighted by Gasteiger charge is 2.45. The van der Waals surface area contributed by atoms with Crippen LogP contribution in [0.3, 0.4) is 0 Å². The van der Waals surface area contributed by atoms with E-state index >= 15 is 0 Å². The average molecular weight is 317 g/mol. The number of thioether (sulfide) groups is 1. The standard InChI is InChI=1S/C16H31NO3S/c1-10(2)11-9-17(14(19)20-16(6,7)8)13(21-11)12(18)15(3,4)5/h10-13,18H,9H2,1-8H3/t11-,12+,13?/m0/s1. The Morgan fingerprint density at radius 2 is 1.76 bits per heavy atom. The van der Waals surface area contributed by atoms with Gasteiger partial charge in [0, 0.05) is 11.8 Å². The Morgan fingerprint density at radius 3 is 2.14 bits per heavy atom. The Balaban J connectivity index is 2.93. The van der Waals surface area contributed by atoms with E-state index in [1.165, 1.54) is 0 Å². The minimum atomic E-state index is -0.584. The Hall–Kier alpha value is -0.420. The molecule has 4 nitrogen and oxygen atoms in total. The van der Waals surface area contributed by atoms with Crippen molar-refractivity contribution in [3.8, 4) is 0 Å². The van der Waals surface area contributed by atoms with Crippen LogP contribution in [0.1, 0.15) is 55.4 Å². The van der Waals surface area contributed by atoms with E-state index in [1.807, 2.05) is 41.5 Å². The van der Waals surface area contributed by atoms with Crippen LogP contribution in [0.15, 0.2) is 0 Å². The third kappa shape index (κ3) is 5.06. The van der Waals surface area contributed by atoms with Gasteiger partial charge in [0.15, 0.2) is 0 Å². The zero-order valence-corrected chi connectivity index (χ0v) is 15.5. The molecule has 1 amide bonds. The second-order valence-electron chi connectivity index (χ2n) is 8.25. The summed E-state index contributed by atoms with van der Waals surface area (Å²) in [4.78, 5) is 14.2. The van der Waals surface area contributed by atoms with Crippen molar-refractivity contribution < 1.29 is 14.6 Å². The number of rotatable bonds is 2. The molecule has 0 saturated carbocycles. The van der Waals surface area contributed by atoms with Crippen molar-refractivity contribution in [3.63, 3.8) is 0 Å². The minimum absolute atomic E-state index is 0.243. The summed E-state index contributed by atoms with van der Waals surface area (Å²) in [6.07, 6.45) is -0.912. The molecule has 1 aliphatic rings. The lowest BCUT2D eigenvalue weighted by Gasteiger charge is -2.35. The average Bonchev–Trinajstić information content (AvgIpc) is 2.68. The SMILES string of the molecule is CC(C)[C@@H]1CN(C(=O)OC(C)(C)C)C([C@@H](O)C(C)(C)C)S1. The van der Waals surface area contributed by atoms with Crippen molar-refractivity contribution in [1.82, 2.24) is 4.90 Å². The van der Waals surface area contributed by atoms with Gasteiger partial charge in [-0.05, 0) is 32.1 Å². The van der Waals surface area contributed by atoms with Gasteiger partial charge in [0.05, 0.1) is 6.10 Å². The summed E-state index contributed by atoms with van der Waals surface area (Å²) in [5.74, 6) is 0.456. The molecule has 1 N–H and O–H groups in total. The largest absolute Gasteiger partial charge is 0.444 e. The Kier molecular flexibility index (Phi) is 5.65. The van der Waals surface area contributed by atoms with Crippen molar-refractivity contribution >= 4 is 17.9 Å². The molecule has 0 aliphatic carbocycles. The highest BCUT2D eigenvalue weighted by Crippen LogP contribution is 2.41. The second kappa shape index (κ2) is 6.37. The van der Waals surface area contributed by atoms with E-state index in [0.29, 0.717) is 17.7 Å². The fourth-order valence-corrected chi connectivity index (χ4v) is 3.93. The second-order valence-corrected chi connectivity index (χ2v) is 9.61. The molecule has 1 unspecified atom stereocenters. The van der Waals surface area contributed by atoms with Crippen LogP contribution in [0.4, 0.5) is 4.79 Å². The molecule has 3 atom stereocenters. The van der Waals surface area contributed by atoms with Crippen LogP contribution >= 0.6 is 11.8 Å². The lowest BCUT2D eigenvalue weighted by atomic mass is 9.88. The Labute approximate surface area is 133 Å². The molecule has 1 rings (SSSR count). The van der Waals surface area contributed by atoms with Crippen molar-refractivity contribution in [2.45, 2.75) is 77.7 Å². The molecule has 0 aromatic heterocycles. The number of nitrogens with zero attached hydrogens (tertiary/aromatic N) is 1. The van der Waals surface area contributed by atoms with Crippen molar-refractivity contribution in [2.75, 3.05) is 6.54 Å². The van der Waals surface area contributed by atoms with E-state index in [1.54, 1.807) is 16.7 Å². The van der Waals surface area contributed by atoms with Gasteiger partial charge in [0.1, 0.15) is 11.0 Å². The van der Waals surface area contributed by atoms with Gasteiger partial charge in [-0.25, -0.2) is 4.79 Å². The van der Waals surface area contributed by atoms with Crippen molar-refractivity contribution in [1.29, 1.82) is 0 Å². The van der Waals surface area contributed by atoms with Crippen LogP contribution in [-0.4, -0.2) is 45.0 Å². The minimum Gasteiger partial charge on any atom is -0.444 e. The summed E-state index contributed by atoms with van der Waals surface area (Å²) in [5, 5.41) is 10.7. The van der Waals surface area contributed by atoms with Crippen LogP contribution in [0, 0.1) is 11.3 Å². The normalized spacial score (nSPS) is 25.3. The van der Waals surface area contributed by atoms with Gasteiger partial charge in [-0.1, -0.05) is 34.6 Å². The van der Waals surface area contributed by atoms with Crippen molar-refractivity contribution in [3.05, 3.63) is 0 Å². The van der Waals surface area contributed by atoms with Gasteiger partial charge < -0.3 is 9.84 Å². The van der Waals surface area contributed by atoms with E-state index in [4.69, 9.17) is 4.74 Å². The summed E-state index contributed by atoms with van der Waals surface area (Å²) in [6.45, 7) is 16.5. The first-order valence-electron chi connectivity index (χ1n) is 7.66. The molecule has 1 saturated heterocycles. The molecule has 0 spiro atoms. The molecule has 0 aromatic carbocycles. The first-order valence-corrected chi connectivity index (χ1v) is 8.60. The fraction of sp³-hybridized carbons (Fsp3) is 0.938. The first-order chi connectivity index (χ1) is 9.33. The molecule has 0 aromatic rings. The highest BCUT2D eigenvalue weighted by atomic mass is 32.2. The maximum atomic E-state index is 12.5. The predicted molar refractivity (Wildman–Crippen MR) is 88.4 cm³/mol. The Bertz CT molecular complexity index is 371. The van der Waals surface area contributed by atoms with E-state index < -0.39 is 11.7 Å². The topological polar surface area (TPSA) is 49.8 Å². The van der Waals surface area contributed by atoms with E-state index in [-0.39, 0.29) is 16.9 Å². The van der Waals surface area contributed by atoms with Crippen LogP contribution in [0.5, 0.6) is 0 Å². The fourth-order valence-electron chi connectivity index (χ4n) is 2.13. The number of carbonyl (C=O) groups excluding carboxylic acids is 1. The van der Waals surface area contributed by atoms with Crippen LogP contribution < -0.4 is 0 Å². The number of hydrogen-bond donors (Lipinski definition) is 1. The zero-order valence-electron chi connectivity index (χ0n) is 14.6. The number of hydrogen-bond acceptors (Lipinski definition) is 4. The molecular formula is C16H31NO3S. The third-order valence-corrected chi connectivity index (χ3v) is 5.36. The van der Waals surface area contributed by atoms with Gasteiger partial charge in [-0.15, -0.1) is 11.8 Å². The van der Waals surface area contributed by atoms with Crippen LogP contribution in [-0.2, 0) is 4.74 Å². The molecule has 124 valence electrons. The molecule has 21 heavy (non-hydrogen) atoms. The Morgan fingerprint density at radius 1 is 1.24 bits per heavy atom. The first kappa shape index (κ1) is 18.6. The number of aliphatic hydroxyl groups excluding tert-OH is 1. The number of ether oxygens (including phenoxy) is 1. The molecule has 0 radical (unpaired) electrons. The van der Waals surface area contributed by atoms with Gasteiger partial charge >= 0.3 is 6.09 Å². The molecular weight excluding hydrogens is 286 g/mol. The van der Waals surface area contributed by atoms with Crippen LogP contribution in [0.2, 0.25) is 0 Å². The van der Waals surface area contributed by atoms with Gasteiger partial charge in [-0.2, -0.15) is 0 Å². The van der Waals surface area contributed by atoms with E-state index in [2.05, 4.69) is 13.8 Å². The van der Waals surface area contributed by atoms with Gasteiger partial charge in [-0.3, -0.25) is 4.90 Å². The molecule has 1 aliphatic heterocycles. The lowest BCUT2D eigenvalue weighted by molar-refractivity contribution is -0.00860. The third-order valence-electron chi connectivity index (χ3n) is 3.53. The number of amides is 1. The monoisotopic (exact) mass is 317 g/mol. The maximum Gasteiger partial charge on any atom is 0.411 e. The summed E-state index contributed by atoms with van der Waals surface area (Å²) >= 11 is 1.69. The molecule has 0 bridgehead atoms. The van der Waals surface area contributed by atoms with Gasteiger partial charge in [0.25, 0.3) is 0 Å². The quantitative estimate of drug-likeness (QED) is 0.843. The summed E-state index contributed by atoms with van der Waals surface area (Å²) in [7, 11) is 0. The summed E-state index contributed by atoms with van der Waals surface area (Å²) in [5.41, 5.74) is -0.793. The summed E-state index contributed by atoms with van der Waals surface area (Å²) in [6, 6.07) is 0. The van der Waals surface area contributed by atoms with E-state index in [9.17, 15) is 9.90 Å². The highest BCUT2D eigenvalue weighted by molar-refractivity contribution is 8.00. The predicted octanol–water partition coefficient (Wildman–Crippen LogP) is 3.73. The smallest absolute Gasteiger partial charge is 0.411 e. The molecule has 5 heteroatoms. The van der Waals surface area contributed by atoms with E-state index in [0.717, 1.165) is 0 Å². The molecule has 1 heterocycles. The lowest BCUT2D eigenvalue weighted by Crippen LogP contribution is -2.48. The van der Waals surface area contributed by atoms with Gasteiger partial charge in [0.2, 0.25) is 0 Å². The number of aliphatic hydroxyl groups is 1. The van der Waals surface area contributed by atoms with Crippen molar-refractivity contribution in [2.24, 2.45) is 11.3 Å². The number of carbonyl (C=O) groups is 1. The molecule has 1 fully saturated rings. The zero-order chi connectivity index (χ0) is 16.6. The summed E-state index contributed by atoms with van der Waals surface area (Å²) < 4.78 is 5.51. The maximum absolute atomic E-state index is 12.5. The van der Waals surface area contributed by atoms with Crippen LogP contribution in [0.25, 0.3) is 0 Å².